The summed E-state index contributed by atoms with van der Waals surface area (Å²) in [4.78, 5) is 0.0818. The van der Waals surface area contributed by atoms with Crippen molar-refractivity contribution in [2.24, 2.45) is 0 Å². The second kappa shape index (κ2) is 5.37. The van der Waals surface area contributed by atoms with Crippen LogP contribution in [-0.4, -0.2) is 21.3 Å². The van der Waals surface area contributed by atoms with E-state index in [1.54, 1.807) is 14.2 Å². The molecule has 1 N–H and O–H groups in total. The Morgan fingerprint density at radius 2 is 1.93 bits per heavy atom. The van der Waals surface area contributed by atoms with E-state index in [0.717, 1.165) is 22.6 Å². The molecule has 15 heavy (non-hydrogen) atoms. The van der Waals surface area contributed by atoms with E-state index in [9.17, 15) is 0 Å². The molecule has 0 saturated heterocycles. The lowest BCUT2D eigenvalue weighted by atomic mass is 10.1. The van der Waals surface area contributed by atoms with E-state index in [2.05, 4.69) is 21.2 Å². The lowest BCUT2D eigenvalue weighted by Crippen LogP contribution is -2.12. The molecule has 0 spiro atoms. The summed E-state index contributed by atoms with van der Waals surface area (Å²) in [6.07, 6.45) is 0. The van der Waals surface area contributed by atoms with Crippen LogP contribution >= 0.6 is 15.9 Å². The second-order valence-electron chi connectivity index (χ2n) is 3.21. The van der Waals surface area contributed by atoms with Crippen molar-refractivity contribution in [3.8, 4) is 11.5 Å². The molecule has 3 nitrogen and oxygen atoms in total. The summed E-state index contributed by atoms with van der Waals surface area (Å²) in [5.74, 6) is 1.63. The predicted octanol–water partition coefficient (Wildman–Crippen LogP) is 2.63. The topological polar surface area (TPSA) is 30.5 Å². The number of rotatable bonds is 4. The smallest absolute Gasteiger partial charge is 0.128 e. The molecule has 0 aliphatic carbocycles. The molecular weight excluding hydrogens is 258 g/mol. The van der Waals surface area contributed by atoms with E-state index < -0.39 is 0 Å². The molecule has 0 fully saturated rings. The van der Waals surface area contributed by atoms with Gasteiger partial charge in [-0.15, -0.1) is 0 Å². The Hall–Kier alpha value is -0.740. The van der Waals surface area contributed by atoms with Crippen LogP contribution in [0.5, 0.6) is 11.5 Å². The third-order valence-corrected chi connectivity index (χ3v) is 3.20. The minimum Gasteiger partial charge on any atom is -0.497 e. The molecule has 1 unspecified atom stereocenters. The zero-order valence-corrected chi connectivity index (χ0v) is 11.0. The molecule has 1 aromatic carbocycles. The predicted molar refractivity (Wildman–Crippen MR) is 65.0 cm³/mol. The molecule has 0 aliphatic heterocycles. The van der Waals surface area contributed by atoms with Crippen molar-refractivity contribution < 1.29 is 9.47 Å². The SMILES string of the molecule is CNC(Br)c1c(C)cc(OC)cc1OC. The van der Waals surface area contributed by atoms with Gasteiger partial charge in [0, 0.05) is 11.6 Å². The first kappa shape index (κ1) is 12.3. The second-order valence-corrected chi connectivity index (χ2v) is 4.13. The molecule has 4 heteroatoms. The fraction of sp³-hybridized carbons (Fsp3) is 0.455. The fourth-order valence-corrected chi connectivity index (χ4v) is 2.08. The number of ether oxygens (including phenoxy) is 2. The Kier molecular flexibility index (Phi) is 4.42. The van der Waals surface area contributed by atoms with Crippen LogP contribution in [0.1, 0.15) is 16.1 Å². The molecule has 0 amide bonds. The number of nitrogens with one attached hydrogen (secondary N) is 1. The monoisotopic (exact) mass is 273 g/mol. The maximum atomic E-state index is 5.34. The van der Waals surface area contributed by atoms with Gasteiger partial charge in [0.2, 0.25) is 0 Å². The average Bonchev–Trinajstić information content (AvgIpc) is 2.26. The Morgan fingerprint density at radius 3 is 2.40 bits per heavy atom. The Bertz CT molecular complexity index is 342. The molecule has 1 rings (SSSR count). The van der Waals surface area contributed by atoms with Crippen LogP contribution < -0.4 is 14.8 Å². The van der Waals surface area contributed by atoms with E-state index in [1.165, 1.54) is 0 Å². The van der Waals surface area contributed by atoms with Crippen LogP contribution in [0.15, 0.2) is 12.1 Å². The van der Waals surface area contributed by atoms with Gasteiger partial charge in [0.1, 0.15) is 11.5 Å². The van der Waals surface area contributed by atoms with Crippen molar-refractivity contribution >= 4 is 15.9 Å². The molecular formula is C11H16BrNO2. The third kappa shape index (κ3) is 2.63. The van der Waals surface area contributed by atoms with E-state index in [-0.39, 0.29) is 4.95 Å². The van der Waals surface area contributed by atoms with E-state index in [4.69, 9.17) is 9.47 Å². The molecule has 0 bridgehead atoms. The van der Waals surface area contributed by atoms with Gasteiger partial charge in [-0.1, -0.05) is 15.9 Å². The standard InChI is InChI=1S/C11H16BrNO2/c1-7-5-8(14-3)6-9(15-4)10(7)11(12)13-2/h5-6,11,13H,1-4H3. The molecule has 0 heterocycles. The quantitative estimate of drug-likeness (QED) is 0.676. The van der Waals surface area contributed by atoms with Crippen molar-refractivity contribution in [1.29, 1.82) is 0 Å². The van der Waals surface area contributed by atoms with Gasteiger partial charge in [0.05, 0.1) is 19.2 Å². The van der Waals surface area contributed by atoms with Crippen LogP contribution in [0.25, 0.3) is 0 Å². The first-order valence-electron chi connectivity index (χ1n) is 4.68. The molecule has 0 aromatic heterocycles. The Labute approximate surface area is 98.9 Å². The minimum atomic E-state index is 0.0818. The van der Waals surface area contributed by atoms with Crippen LogP contribution in [0.4, 0.5) is 0 Å². The summed E-state index contributed by atoms with van der Waals surface area (Å²) in [6, 6.07) is 3.87. The van der Waals surface area contributed by atoms with Crippen LogP contribution in [0, 0.1) is 6.92 Å². The molecule has 0 aliphatic rings. The summed E-state index contributed by atoms with van der Waals surface area (Å²) in [6.45, 7) is 2.03. The van der Waals surface area contributed by atoms with E-state index in [1.807, 2.05) is 26.1 Å². The first-order valence-corrected chi connectivity index (χ1v) is 5.59. The molecule has 1 atom stereocenters. The van der Waals surface area contributed by atoms with Gasteiger partial charge in [-0.05, 0) is 25.6 Å². The number of hydrogen-bond donors (Lipinski definition) is 1. The van der Waals surface area contributed by atoms with Crippen molar-refractivity contribution in [2.45, 2.75) is 11.9 Å². The molecule has 84 valence electrons. The molecule has 0 radical (unpaired) electrons. The number of methoxy groups -OCH3 is 2. The van der Waals surface area contributed by atoms with Gasteiger partial charge in [-0.3, -0.25) is 0 Å². The zero-order valence-electron chi connectivity index (χ0n) is 9.43. The lowest BCUT2D eigenvalue weighted by Gasteiger charge is -2.17. The van der Waals surface area contributed by atoms with Gasteiger partial charge in [0.15, 0.2) is 0 Å². The summed E-state index contributed by atoms with van der Waals surface area (Å²) < 4.78 is 10.5. The number of alkyl halides is 1. The van der Waals surface area contributed by atoms with Crippen LogP contribution in [-0.2, 0) is 0 Å². The number of hydrogen-bond acceptors (Lipinski definition) is 3. The largest absolute Gasteiger partial charge is 0.497 e. The van der Waals surface area contributed by atoms with Gasteiger partial charge in [-0.25, -0.2) is 0 Å². The molecule has 1 aromatic rings. The summed E-state index contributed by atoms with van der Waals surface area (Å²) in [5.41, 5.74) is 2.23. The van der Waals surface area contributed by atoms with Crippen LogP contribution in [0.2, 0.25) is 0 Å². The first-order chi connectivity index (χ1) is 7.13. The summed E-state index contributed by atoms with van der Waals surface area (Å²) in [5, 5.41) is 3.13. The highest BCUT2D eigenvalue weighted by atomic mass is 79.9. The zero-order chi connectivity index (χ0) is 11.4. The van der Waals surface area contributed by atoms with Gasteiger partial charge < -0.3 is 14.8 Å². The maximum Gasteiger partial charge on any atom is 0.128 e. The fourth-order valence-electron chi connectivity index (χ4n) is 1.49. The normalized spacial score (nSPS) is 12.3. The Morgan fingerprint density at radius 1 is 1.27 bits per heavy atom. The Balaban J connectivity index is 3.24. The number of halogens is 1. The molecule has 0 saturated carbocycles. The van der Waals surface area contributed by atoms with E-state index in [0.29, 0.717) is 0 Å². The highest BCUT2D eigenvalue weighted by Gasteiger charge is 2.15. The number of aryl methyl sites for hydroxylation is 1. The number of benzene rings is 1. The highest BCUT2D eigenvalue weighted by molar-refractivity contribution is 9.09. The van der Waals surface area contributed by atoms with Gasteiger partial charge in [-0.2, -0.15) is 0 Å². The maximum absolute atomic E-state index is 5.34. The van der Waals surface area contributed by atoms with Crippen molar-refractivity contribution in [3.05, 3.63) is 23.3 Å². The average molecular weight is 274 g/mol. The van der Waals surface area contributed by atoms with Gasteiger partial charge in [0.25, 0.3) is 0 Å². The van der Waals surface area contributed by atoms with Crippen LogP contribution in [0.3, 0.4) is 0 Å². The van der Waals surface area contributed by atoms with Crippen molar-refractivity contribution in [3.63, 3.8) is 0 Å². The summed E-state index contributed by atoms with van der Waals surface area (Å²) >= 11 is 3.54. The summed E-state index contributed by atoms with van der Waals surface area (Å²) in [7, 11) is 5.20. The lowest BCUT2D eigenvalue weighted by molar-refractivity contribution is 0.389. The van der Waals surface area contributed by atoms with E-state index >= 15 is 0 Å². The van der Waals surface area contributed by atoms with Crippen molar-refractivity contribution in [1.82, 2.24) is 5.32 Å². The van der Waals surface area contributed by atoms with Gasteiger partial charge >= 0.3 is 0 Å². The highest BCUT2D eigenvalue weighted by Crippen LogP contribution is 2.35. The minimum absolute atomic E-state index is 0.0818. The van der Waals surface area contributed by atoms with Crippen molar-refractivity contribution in [2.75, 3.05) is 21.3 Å². The third-order valence-electron chi connectivity index (χ3n) is 2.28.